The van der Waals surface area contributed by atoms with Gasteiger partial charge in [-0.05, 0) is 39.0 Å². The van der Waals surface area contributed by atoms with Crippen LogP contribution in [0, 0.1) is 0 Å². The van der Waals surface area contributed by atoms with Crippen LogP contribution in [0.15, 0.2) is 41.1 Å². The molecule has 0 amide bonds. The third-order valence-electron chi connectivity index (χ3n) is 3.45. The molecule has 0 fully saturated rings. The van der Waals surface area contributed by atoms with Crippen LogP contribution in [0.2, 0.25) is 0 Å². The Bertz CT molecular complexity index is 946. The van der Waals surface area contributed by atoms with Gasteiger partial charge in [0, 0.05) is 17.1 Å². The Morgan fingerprint density at radius 3 is 2.64 bits per heavy atom. The Hall–Kier alpha value is -3.09. The molecule has 3 aromatic rings. The fraction of sp³-hybridized carbons (Fsp3) is 0.278. The van der Waals surface area contributed by atoms with Crippen molar-refractivity contribution in [1.82, 2.24) is 9.55 Å². The summed E-state index contributed by atoms with van der Waals surface area (Å²) in [7, 11) is 1.28. The van der Waals surface area contributed by atoms with E-state index in [0.29, 0.717) is 11.1 Å². The minimum absolute atomic E-state index is 0.0843. The maximum Gasteiger partial charge on any atom is 0.418 e. The predicted octanol–water partition coefficient (Wildman–Crippen LogP) is 3.87. The van der Waals surface area contributed by atoms with Crippen molar-refractivity contribution in [1.29, 1.82) is 0 Å². The first-order valence-corrected chi connectivity index (χ1v) is 7.68. The monoisotopic (exact) mass is 342 g/mol. The second-order valence-electron chi connectivity index (χ2n) is 6.43. The van der Waals surface area contributed by atoms with E-state index in [1.807, 2.05) is 20.8 Å². The molecule has 7 nitrogen and oxygen atoms in total. The highest BCUT2D eigenvalue weighted by Gasteiger charge is 2.21. The first-order valence-electron chi connectivity index (χ1n) is 7.68. The summed E-state index contributed by atoms with van der Waals surface area (Å²) in [6.45, 7) is 5.43. The Morgan fingerprint density at radius 2 is 1.96 bits per heavy atom. The highest BCUT2D eigenvalue weighted by atomic mass is 16.6. The van der Waals surface area contributed by atoms with E-state index in [4.69, 9.17) is 9.15 Å². The number of benzene rings is 1. The van der Waals surface area contributed by atoms with Crippen LogP contribution in [0.4, 0.5) is 4.79 Å². The summed E-state index contributed by atoms with van der Waals surface area (Å²) in [5, 5.41) is 0.756. The van der Waals surface area contributed by atoms with Crippen molar-refractivity contribution in [3.63, 3.8) is 0 Å². The molecule has 0 aliphatic carbocycles. The molecule has 0 atom stereocenters. The number of carbonyl (C=O) groups excluding carboxylic acids is 2. The second kappa shape index (κ2) is 6.08. The van der Waals surface area contributed by atoms with E-state index < -0.39 is 17.7 Å². The number of nitrogens with zero attached hydrogens (tertiary/aromatic N) is 2. The first-order chi connectivity index (χ1) is 11.8. The fourth-order valence-corrected chi connectivity index (χ4v) is 2.42. The third kappa shape index (κ3) is 3.26. The maximum atomic E-state index is 12.4. The summed E-state index contributed by atoms with van der Waals surface area (Å²) >= 11 is 0. The van der Waals surface area contributed by atoms with Crippen molar-refractivity contribution in [3.05, 3.63) is 42.4 Å². The summed E-state index contributed by atoms with van der Waals surface area (Å²) < 4.78 is 16.9. The quantitative estimate of drug-likeness (QED) is 0.658. The van der Waals surface area contributed by atoms with Gasteiger partial charge in [-0.15, -0.1) is 0 Å². The molecule has 2 aromatic heterocycles. The van der Waals surface area contributed by atoms with E-state index in [-0.39, 0.29) is 11.6 Å². The molecule has 0 unspecified atom stereocenters. The molecule has 0 bridgehead atoms. The van der Waals surface area contributed by atoms with Crippen molar-refractivity contribution in [3.8, 4) is 11.5 Å². The third-order valence-corrected chi connectivity index (χ3v) is 3.45. The molecule has 0 aliphatic heterocycles. The van der Waals surface area contributed by atoms with E-state index in [1.54, 1.807) is 30.5 Å². The number of methoxy groups -OCH3 is 1. The van der Waals surface area contributed by atoms with Crippen LogP contribution < -0.4 is 0 Å². The smallest absolute Gasteiger partial charge is 0.418 e. The van der Waals surface area contributed by atoms with Gasteiger partial charge in [0.25, 0.3) is 0 Å². The number of ether oxygens (including phenoxy) is 2. The Balaban J connectivity index is 2.03. The molecule has 0 saturated heterocycles. The lowest BCUT2D eigenvalue weighted by Crippen LogP contribution is -2.26. The molecule has 0 radical (unpaired) electrons. The molecular formula is C18H18N2O5. The topological polar surface area (TPSA) is 83.6 Å². The number of fused-ring (bicyclic) bond motifs is 1. The van der Waals surface area contributed by atoms with E-state index in [1.165, 1.54) is 17.9 Å². The molecular weight excluding hydrogens is 324 g/mol. The molecule has 0 saturated carbocycles. The second-order valence-corrected chi connectivity index (χ2v) is 6.43. The standard InChI is InChI=1S/C18H18N2O5/c1-18(2,3)25-17(22)20-9-8-11-12(6-5-7-14(11)20)15-19-13(10-24-15)16(21)23-4/h5-10H,1-4H3. The van der Waals surface area contributed by atoms with Crippen molar-refractivity contribution in [2.75, 3.05) is 7.11 Å². The van der Waals surface area contributed by atoms with Gasteiger partial charge in [0.2, 0.25) is 5.89 Å². The maximum absolute atomic E-state index is 12.4. The number of oxazole rings is 1. The molecule has 7 heteroatoms. The Kier molecular flexibility index (Phi) is 4.08. The molecule has 1 aromatic carbocycles. The number of hydrogen-bond acceptors (Lipinski definition) is 6. The zero-order valence-electron chi connectivity index (χ0n) is 14.4. The van der Waals surface area contributed by atoms with E-state index >= 15 is 0 Å². The average molecular weight is 342 g/mol. The van der Waals surface area contributed by atoms with Crippen molar-refractivity contribution in [2.45, 2.75) is 26.4 Å². The predicted molar refractivity (Wildman–Crippen MR) is 90.4 cm³/mol. The van der Waals surface area contributed by atoms with Gasteiger partial charge in [-0.3, -0.25) is 4.57 Å². The number of aromatic nitrogens is 2. The zero-order chi connectivity index (χ0) is 18.2. The minimum atomic E-state index is -0.594. The minimum Gasteiger partial charge on any atom is -0.464 e. The average Bonchev–Trinajstić information content (AvgIpc) is 3.19. The molecule has 130 valence electrons. The van der Waals surface area contributed by atoms with Gasteiger partial charge in [-0.25, -0.2) is 14.6 Å². The highest BCUT2D eigenvalue weighted by molar-refractivity contribution is 5.98. The molecule has 2 heterocycles. The molecule has 0 aliphatic rings. The van der Waals surface area contributed by atoms with Gasteiger partial charge in [0.15, 0.2) is 5.69 Å². The van der Waals surface area contributed by atoms with Crippen molar-refractivity contribution in [2.24, 2.45) is 0 Å². The lowest BCUT2D eigenvalue weighted by Gasteiger charge is -2.19. The van der Waals surface area contributed by atoms with Crippen molar-refractivity contribution < 1.29 is 23.5 Å². The first kappa shape index (κ1) is 16.8. The molecule has 3 rings (SSSR count). The fourth-order valence-electron chi connectivity index (χ4n) is 2.42. The summed E-state index contributed by atoms with van der Waals surface area (Å²) in [6.07, 6.45) is 2.40. The van der Waals surface area contributed by atoms with Crippen LogP contribution in [0.3, 0.4) is 0 Å². The van der Waals surface area contributed by atoms with Gasteiger partial charge in [-0.2, -0.15) is 0 Å². The summed E-state index contributed by atoms with van der Waals surface area (Å²) in [5.41, 5.74) is 0.809. The Morgan fingerprint density at radius 1 is 1.20 bits per heavy atom. The van der Waals surface area contributed by atoms with E-state index in [0.717, 1.165) is 5.39 Å². The summed E-state index contributed by atoms with van der Waals surface area (Å²) in [4.78, 5) is 28.0. The number of rotatable bonds is 2. The molecule has 25 heavy (non-hydrogen) atoms. The summed E-state index contributed by atoms with van der Waals surface area (Å²) in [5.74, 6) is -0.304. The van der Waals surface area contributed by atoms with E-state index in [2.05, 4.69) is 9.72 Å². The van der Waals surface area contributed by atoms with Crippen LogP contribution in [0.5, 0.6) is 0 Å². The highest BCUT2D eigenvalue weighted by Crippen LogP contribution is 2.29. The van der Waals surface area contributed by atoms with Crippen LogP contribution in [-0.4, -0.2) is 34.3 Å². The van der Waals surface area contributed by atoms with Gasteiger partial charge < -0.3 is 13.9 Å². The van der Waals surface area contributed by atoms with Crippen LogP contribution in [0.1, 0.15) is 31.3 Å². The molecule has 0 N–H and O–H groups in total. The number of carbonyl (C=O) groups is 2. The van der Waals surface area contributed by atoms with Gasteiger partial charge in [-0.1, -0.05) is 6.07 Å². The number of esters is 1. The van der Waals surface area contributed by atoms with Crippen LogP contribution in [0.25, 0.3) is 22.4 Å². The van der Waals surface area contributed by atoms with Crippen LogP contribution >= 0.6 is 0 Å². The SMILES string of the molecule is COC(=O)c1coc(-c2cccc3c2ccn3C(=O)OC(C)(C)C)n1. The largest absolute Gasteiger partial charge is 0.464 e. The molecule has 0 spiro atoms. The van der Waals surface area contributed by atoms with Gasteiger partial charge in [0.05, 0.1) is 12.6 Å². The lowest BCUT2D eigenvalue weighted by atomic mass is 10.1. The Labute approximate surface area is 144 Å². The van der Waals surface area contributed by atoms with E-state index in [9.17, 15) is 9.59 Å². The lowest BCUT2D eigenvalue weighted by molar-refractivity contribution is 0.0542. The van der Waals surface area contributed by atoms with Crippen molar-refractivity contribution >= 4 is 23.0 Å². The normalized spacial score (nSPS) is 11.5. The van der Waals surface area contributed by atoms with Crippen LogP contribution in [-0.2, 0) is 9.47 Å². The summed E-state index contributed by atoms with van der Waals surface area (Å²) in [6, 6.07) is 7.15. The zero-order valence-corrected chi connectivity index (χ0v) is 14.4. The number of hydrogen-bond donors (Lipinski definition) is 0. The van der Waals surface area contributed by atoms with Gasteiger partial charge >= 0.3 is 12.1 Å². The van der Waals surface area contributed by atoms with Gasteiger partial charge in [0.1, 0.15) is 11.9 Å².